The van der Waals surface area contributed by atoms with Gasteiger partial charge in [0.2, 0.25) is 0 Å². The fourth-order valence-corrected chi connectivity index (χ4v) is 3.94. The third-order valence-corrected chi connectivity index (χ3v) is 5.43. The summed E-state index contributed by atoms with van der Waals surface area (Å²) in [6.07, 6.45) is 3.94. The summed E-state index contributed by atoms with van der Waals surface area (Å²) in [5.41, 5.74) is 1.91. The van der Waals surface area contributed by atoms with Crippen LogP contribution in [0.4, 0.5) is 5.82 Å². The van der Waals surface area contributed by atoms with Gasteiger partial charge in [-0.05, 0) is 44.2 Å². The number of piperazine rings is 1. The first-order valence-electron chi connectivity index (χ1n) is 8.69. The third kappa shape index (κ3) is 2.84. The topological polar surface area (TPSA) is 41.5 Å². The van der Waals surface area contributed by atoms with Crippen LogP contribution in [0.5, 0.6) is 5.75 Å². The molecular formula is C19H24N4O. The van der Waals surface area contributed by atoms with E-state index in [4.69, 9.17) is 4.74 Å². The molecular weight excluding hydrogens is 300 g/mol. The van der Waals surface area contributed by atoms with Crippen molar-refractivity contribution in [2.24, 2.45) is 0 Å². The van der Waals surface area contributed by atoms with Crippen molar-refractivity contribution >= 4 is 5.82 Å². The van der Waals surface area contributed by atoms with Gasteiger partial charge in [-0.1, -0.05) is 18.6 Å². The Hall–Kier alpha value is -2.14. The molecule has 0 N–H and O–H groups in total. The van der Waals surface area contributed by atoms with E-state index in [1.54, 1.807) is 7.11 Å². The van der Waals surface area contributed by atoms with E-state index in [0.29, 0.717) is 12.1 Å². The first-order valence-corrected chi connectivity index (χ1v) is 8.69. The predicted molar refractivity (Wildman–Crippen MR) is 95.4 cm³/mol. The Morgan fingerprint density at radius 2 is 1.83 bits per heavy atom. The zero-order valence-corrected chi connectivity index (χ0v) is 14.4. The number of hydrogen-bond donors (Lipinski definition) is 0. The zero-order valence-electron chi connectivity index (χ0n) is 14.4. The first-order chi connectivity index (χ1) is 11.7. The van der Waals surface area contributed by atoms with E-state index in [-0.39, 0.29) is 0 Å². The molecule has 0 spiro atoms. The highest BCUT2D eigenvalue weighted by molar-refractivity contribution is 5.61. The van der Waals surface area contributed by atoms with Crippen LogP contribution in [0, 0.1) is 0 Å². The molecule has 2 bridgehead atoms. The Balaban J connectivity index is 1.53. The molecule has 126 valence electrons. The molecule has 2 unspecified atom stereocenters. The van der Waals surface area contributed by atoms with Crippen LogP contribution in [-0.2, 0) is 0 Å². The summed E-state index contributed by atoms with van der Waals surface area (Å²) < 4.78 is 5.29. The average molecular weight is 324 g/mol. The Kier molecular flexibility index (Phi) is 4.10. The van der Waals surface area contributed by atoms with Crippen molar-refractivity contribution in [3.8, 4) is 17.0 Å². The quantitative estimate of drug-likeness (QED) is 0.868. The average Bonchev–Trinajstić information content (AvgIpc) is 2.62. The van der Waals surface area contributed by atoms with Crippen LogP contribution in [-0.4, -0.2) is 54.4 Å². The van der Waals surface area contributed by atoms with Crippen molar-refractivity contribution in [2.45, 2.75) is 31.3 Å². The van der Waals surface area contributed by atoms with E-state index in [1.807, 2.05) is 24.3 Å². The van der Waals surface area contributed by atoms with Gasteiger partial charge in [0, 0.05) is 30.7 Å². The number of rotatable bonds is 3. The molecule has 5 nitrogen and oxygen atoms in total. The largest absolute Gasteiger partial charge is 0.497 e. The lowest BCUT2D eigenvalue weighted by Gasteiger charge is -2.48. The molecule has 2 atom stereocenters. The third-order valence-electron chi connectivity index (χ3n) is 5.43. The number of likely N-dealkylation sites (N-methyl/N-ethyl adjacent to an activating group) is 1. The standard InChI is InChI=1S/C19H24N4O/c1-22-15-6-4-7-16(22)13-23(12-15)19-10-9-18(20-21-19)14-5-3-8-17(11-14)24-2/h3,5,8-11,15-16H,4,6-7,12-13H2,1-2H3. The van der Waals surface area contributed by atoms with E-state index in [2.05, 4.69) is 39.2 Å². The maximum absolute atomic E-state index is 5.29. The minimum absolute atomic E-state index is 0.650. The molecule has 2 aliphatic rings. The van der Waals surface area contributed by atoms with Crippen molar-refractivity contribution in [1.82, 2.24) is 15.1 Å². The summed E-state index contributed by atoms with van der Waals surface area (Å²) in [6.45, 7) is 2.11. The summed E-state index contributed by atoms with van der Waals surface area (Å²) >= 11 is 0. The highest BCUT2D eigenvalue weighted by atomic mass is 16.5. The van der Waals surface area contributed by atoms with Crippen LogP contribution < -0.4 is 9.64 Å². The van der Waals surface area contributed by atoms with Gasteiger partial charge in [-0.25, -0.2) is 0 Å². The zero-order chi connectivity index (χ0) is 16.5. The summed E-state index contributed by atoms with van der Waals surface area (Å²) in [5, 5.41) is 8.95. The van der Waals surface area contributed by atoms with E-state index in [9.17, 15) is 0 Å². The SMILES string of the molecule is COc1cccc(-c2ccc(N3CC4CCCC(C3)N4C)nn2)c1. The Bertz CT molecular complexity index is 689. The molecule has 0 aliphatic carbocycles. The van der Waals surface area contributed by atoms with Gasteiger partial charge in [0.25, 0.3) is 0 Å². The molecule has 2 aromatic rings. The second kappa shape index (κ2) is 6.40. The molecule has 0 saturated carbocycles. The molecule has 1 aromatic carbocycles. The lowest BCUT2D eigenvalue weighted by Crippen LogP contribution is -2.59. The Morgan fingerprint density at radius 1 is 1.04 bits per heavy atom. The number of piperidine rings is 1. The number of anilines is 1. The number of fused-ring (bicyclic) bond motifs is 2. The minimum atomic E-state index is 0.650. The molecule has 24 heavy (non-hydrogen) atoms. The first kappa shape index (κ1) is 15.4. The number of nitrogens with zero attached hydrogens (tertiary/aromatic N) is 4. The second-order valence-electron chi connectivity index (χ2n) is 6.82. The molecule has 5 heteroatoms. The van der Waals surface area contributed by atoms with Crippen LogP contribution in [0.15, 0.2) is 36.4 Å². The summed E-state index contributed by atoms with van der Waals surface area (Å²) in [6, 6.07) is 13.4. The van der Waals surface area contributed by atoms with Gasteiger partial charge < -0.3 is 9.64 Å². The number of benzene rings is 1. The molecule has 2 aliphatic heterocycles. The fraction of sp³-hybridized carbons (Fsp3) is 0.474. The Labute approximate surface area is 143 Å². The van der Waals surface area contributed by atoms with Crippen LogP contribution in [0.2, 0.25) is 0 Å². The van der Waals surface area contributed by atoms with Gasteiger partial charge in [-0.15, -0.1) is 10.2 Å². The molecule has 1 aromatic heterocycles. The van der Waals surface area contributed by atoms with Gasteiger partial charge in [0.15, 0.2) is 5.82 Å². The smallest absolute Gasteiger partial charge is 0.151 e. The van der Waals surface area contributed by atoms with E-state index in [1.165, 1.54) is 19.3 Å². The lowest BCUT2D eigenvalue weighted by atomic mass is 9.92. The van der Waals surface area contributed by atoms with Crippen LogP contribution in [0.25, 0.3) is 11.3 Å². The van der Waals surface area contributed by atoms with E-state index >= 15 is 0 Å². The summed E-state index contributed by atoms with van der Waals surface area (Å²) in [7, 11) is 3.95. The summed E-state index contributed by atoms with van der Waals surface area (Å²) in [5.74, 6) is 1.83. The van der Waals surface area contributed by atoms with Gasteiger partial charge in [0.05, 0.1) is 12.8 Å². The van der Waals surface area contributed by atoms with Crippen molar-refractivity contribution in [1.29, 1.82) is 0 Å². The van der Waals surface area contributed by atoms with E-state index < -0.39 is 0 Å². The van der Waals surface area contributed by atoms with Gasteiger partial charge in [0.1, 0.15) is 5.75 Å². The number of aromatic nitrogens is 2. The monoisotopic (exact) mass is 324 g/mol. The van der Waals surface area contributed by atoms with Crippen LogP contribution >= 0.6 is 0 Å². The van der Waals surface area contributed by atoms with Gasteiger partial charge >= 0.3 is 0 Å². The van der Waals surface area contributed by atoms with Crippen molar-refractivity contribution < 1.29 is 4.74 Å². The molecule has 0 amide bonds. The van der Waals surface area contributed by atoms with E-state index in [0.717, 1.165) is 35.9 Å². The highest BCUT2D eigenvalue weighted by Gasteiger charge is 2.35. The van der Waals surface area contributed by atoms with Gasteiger partial charge in [-0.2, -0.15) is 0 Å². The van der Waals surface area contributed by atoms with Crippen molar-refractivity contribution in [3.63, 3.8) is 0 Å². The molecule has 0 radical (unpaired) electrons. The number of methoxy groups -OCH3 is 1. The maximum atomic E-state index is 5.29. The maximum Gasteiger partial charge on any atom is 0.151 e. The normalized spacial score (nSPS) is 24.0. The Morgan fingerprint density at radius 3 is 2.50 bits per heavy atom. The highest BCUT2D eigenvalue weighted by Crippen LogP contribution is 2.29. The molecule has 2 saturated heterocycles. The number of hydrogen-bond acceptors (Lipinski definition) is 5. The fourth-order valence-electron chi connectivity index (χ4n) is 3.94. The van der Waals surface area contributed by atoms with Crippen LogP contribution in [0.1, 0.15) is 19.3 Å². The molecule has 2 fully saturated rings. The predicted octanol–water partition coefficient (Wildman–Crippen LogP) is 2.83. The second-order valence-corrected chi connectivity index (χ2v) is 6.82. The lowest BCUT2D eigenvalue weighted by molar-refractivity contribution is 0.0946. The van der Waals surface area contributed by atoms with Crippen LogP contribution in [0.3, 0.4) is 0 Å². The van der Waals surface area contributed by atoms with Crippen molar-refractivity contribution in [3.05, 3.63) is 36.4 Å². The minimum Gasteiger partial charge on any atom is -0.497 e. The van der Waals surface area contributed by atoms with Crippen molar-refractivity contribution in [2.75, 3.05) is 32.1 Å². The van der Waals surface area contributed by atoms with Gasteiger partial charge in [-0.3, -0.25) is 4.90 Å². The summed E-state index contributed by atoms with van der Waals surface area (Å²) in [4.78, 5) is 4.95. The number of ether oxygens (including phenoxy) is 1. The molecule has 4 rings (SSSR count). The molecule has 3 heterocycles.